The standard InChI is InChI=1S/C19H21BFNO2/c1-18(2)19(3,4)24-20(23-18)10-9-13-5-6-14-11-15(21)7-8-16(14)17(13)12-22/h5-8,11H,9-10H2,1-4H3. The van der Waals surface area contributed by atoms with E-state index >= 15 is 0 Å². The van der Waals surface area contributed by atoms with Gasteiger partial charge in [-0.3, -0.25) is 0 Å². The molecule has 2 aromatic rings. The third-order valence-electron chi connectivity index (χ3n) is 5.13. The van der Waals surface area contributed by atoms with Crippen molar-refractivity contribution in [3.05, 3.63) is 47.3 Å². The van der Waals surface area contributed by atoms with E-state index in [9.17, 15) is 9.65 Å². The van der Waals surface area contributed by atoms with E-state index in [0.29, 0.717) is 18.3 Å². The number of rotatable bonds is 3. The Balaban J connectivity index is 1.82. The Morgan fingerprint density at radius 3 is 2.38 bits per heavy atom. The molecular weight excluding hydrogens is 304 g/mol. The summed E-state index contributed by atoms with van der Waals surface area (Å²) in [5, 5.41) is 11.1. The second kappa shape index (κ2) is 5.88. The van der Waals surface area contributed by atoms with Gasteiger partial charge in [0.05, 0.1) is 16.8 Å². The summed E-state index contributed by atoms with van der Waals surface area (Å²) in [4.78, 5) is 0. The van der Waals surface area contributed by atoms with E-state index < -0.39 is 0 Å². The molecule has 1 fully saturated rings. The zero-order valence-corrected chi connectivity index (χ0v) is 14.5. The molecule has 0 radical (unpaired) electrons. The molecule has 1 heterocycles. The minimum atomic E-state index is -0.351. The van der Waals surface area contributed by atoms with Crippen LogP contribution in [-0.2, 0) is 15.7 Å². The van der Waals surface area contributed by atoms with Gasteiger partial charge in [0.25, 0.3) is 0 Å². The Hall–Kier alpha value is -1.90. The van der Waals surface area contributed by atoms with Crippen LogP contribution in [0.2, 0.25) is 6.32 Å². The van der Waals surface area contributed by atoms with Crippen LogP contribution in [0.1, 0.15) is 38.8 Å². The van der Waals surface area contributed by atoms with Crippen LogP contribution in [0.4, 0.5) is 4.39 Å². The molecule has 24 heavy (non-hydrogen) atoms. The van der Waals surface area contributed by atoms with E-state index in [4.69, 9.17) is 9.31 Å². The highest BCUT2D eigenvalue weighted by atomic mass is 19.1. The Bertz CT molecular complexity index is 810. The molecule has 1 aliphatic rings. The van der Waals surface area contributed by atoms with Crippen molar-refractivity contribution in [2.75, 3.05) is 0 Å². The molecule has 0 aliphatic carbocycles. The number of benzene rings is 2. The van der Waals surface area contributed by atoms with Gasteiger partial charge in [-0.15, -0.1) is 0 Å². The average Bonchev–Trinajstić information content (AvgIpc) is 2.71. The third kappa shape index (κ3) is 2.92. The molecule has 3 nitrogen and oxygen atoms in total. The summed E-state index contributed by atoms with van der Waals surface area (Å²) < 4.78 is 25.4. The van der Waals surface area contributed by atoms with Crippen LogP contribution >= 0.6 is 0 Å². The van der Waals surface area contributed by atoms with Crippen LogP contribution < -0.4 is 0 Å². The molecule has 0 amide bonds. The summed E-state index contributed by atoms with van der Waals surface area (Å²) >= 11 is 0. The second-order valence-electron chi connectivity index (χ2n) is 7.30. The molecule has 2 aromatic carbocycles. The third-order valence-corrected chi connectivity index (χ3v) is 5.13. The van der Waals surface area contributed by atoms with Crippen LogP contribution in [0, 0.1) is 17.1 Å². The van der Waals surface area contributed by atoms with E-state index in [-0.39, 0.29) is 24.1 Å². The first-order valence-corrected chi connectivity index (χ1v) is 8.20. The summed E-state index contributed by atoms with van der Waals surface area (Å²) in [6, 6.07) is 10.5. The summed E-state index contributed by atoms with van der Waals surface area (Å²) in [7, 11) is -0.287. The first-order valence-electron chi connectivity index (χ1n) is 8.20. The summed E-state index contributed by atoms with van der Waals surface area (Å²) in [5.41, 5.74) is 0.836. The van der Waals surface area contributed by atoms with Gasteiger partial charge >= 0.3 is 7.12 Å². The Morgan fingerprint density at radius 2 is 1.75 bits per heavy atom. The highest BCUT2D eigenvalue weighted by molar-refractivity contribution is 6.45. The number of aryl methyl sites for hydroxylation is 1. The van der Waals surface area contributed by atoms with E-state index in [1.165, 1.54) is 12.1 Å². The molecule has 0 N–H and O–H groups in total. The Kier molecular flexibility index (Phi) is 4.15. The normalized spacial score (nSPS) is 18.8. The molecule has 0 unspecified atom stereocenters. The van der Waals surface area contributed by atoms with Gasteiger partial charge in [-0.2, -0.15) is 5.26 Å². The zero-order chi connectivity index (χ0) is 17.5. The molecule has 3 rings (SSSR count). The lowest BCUT2D eigenvalue weighted by Crippen LogP contribution is -2.41. The molecule has 124 valence electrons. The van der Waals surface area contributed by atoms with Gasteiger partial charge in [0.1, 0.15) is 11.9 Å². The summed E-state index contributed by atoms with van der Waals surface area (Å²) in [5.74, 6) is -0.295. The predicted molar refractivity (Wildman–Crippen MR) is 93.2 cm³/mol. The zero-order valence-electron chi connectivity index (χ0n) is 14.5. The molecule has 0 aromatic heterocycles. The van der Waals surface area contributed by atoms with Crippen molar-refractivity contribution < 1.29 is 13.7 Å². The van der Waals surface area contributed by atoms with Gasteiger partial charge in [0.2, 0.25) is 0 Å². The first kappa shape index (κ1) is 16.9. The SMILES string of the molecule is CC1(C)OB(CCc2ccc3cc(F)ccc3c2C#N)OC1(C)C. The molecular formula is C19H21BFNO2. The highest BCUT2D eigenvalue weighted by Crippen LogP contribution is 2.38. The maximum absolute atomic E-state index is 13.4. The average molecular weight is 325 g/mol. The van der Waals surface area contributed by atoms with Gasteiger partial charge in [-0.05, 0) is 68.9 Å². The summed E-state index contributed by atoms with van der Waals surface area (Å²) in [6.45, 7) is 8.10. The van der Waals surface area contributed by atoms with Crippen LogP contribution in [0.3, 0.4) is 0 Å². The highest BCUT2D eigenvalue weighted by Gasteiger charge is 2.50. The van der Waals surface area contributed by atoms with Crippen molar-refractivity contribution >= 4 is 17.9 Å². The van der Waals surface area contributed by atoms with Crippen molar-refractivity contribution in [2.24, 2.45) is 0 Å². The van der Waals surface area contributed by atoms with E-state index in [2.05, 4.69) is 6.07 Å². The topological polar surface area (TPSA) is 42.2 Å². The van der Waals surface area contributed by atoms with Gasteiger partial charge in [0, 0.05) is 0 Å². The van der Waals surface area contributed by atoms with Crippen LogP contribution in [0.15, 0.2) is 30.3 Å². The summed E-state index contributed by atoms with van der Waals surface area (Å²) in [6.07, 6.45) is 1.35. The number of halogens is 1. The van der Waals surface area contributed by atoms with Crippen LogP contribution in [-0.4, -0.2) is 18.3 Å². The maximum Gasteiger partial charge on any atom is 0.458 e. The first-order chi connectivity index (χ1) is 11.2. The lowest BCUT2D eigenvalue weighted by atomic mass is 9.80. The maximum atomic E-state index is 13.4. The van der Waals surface area contributed by atoms with Crippen molar-refractivity contribution in [2.45, 2.75) is 51.6 Å². The van der Waals surface area contributed by atoms with Gasteiger partial charge in [-0.25, -0.2) is 4.39 Å². The van der Waals surface area contributed by atoms with E-state index in [1.54, 1.807) is 6.07 Å². The quantitative estimate of drug-likeness (QED) is 0.781. The second-order valence-corrected chi connectivity index (χ2v) is 7.30. The number of hydrogen-bond acceptors (Lipinski definition) is 3. The fraction of sp³-hybridized carbons (Fsp3) is 0.421. The molecule has 1 saturated heterocycles. The monoisotopic (exact) mass is 325 g/mol. The molecule has 0 spiro atoms. The fourth-order valence-electron chi connectivity index (χ4n) is 3.04. The van der Waals surface area contributed by atoms with Gasteiger partial charge in [-0.1, -0.05) is 18.2 Å². The number of nitrogens with zero attached hydrogens (tertiary/aromatic N) is 1. The van der Waals surface area contributed by atoms with Crippen LogP contribution in [0.5, 0.6) is 0 Å². The lowest BCUT2D eigenvalue weighted by molar-refractivity contribution is 0.00578. The molecule has 0 atom stereocenters. The predicted octanol–water partition coefficient (Wildman–Crippen LogP) is 4.49. The van der Waals surface area contributed by atoms with E-state index in [0.717, 1.165) is 16.3 Å². The van der Waals surface area contributed by atoms with Crippen LogP contribution in [0.25, 0.3) is 10.8 Å². The van der Waals surface area contributed by atoms with Crippen molar-refractivity contribution in [3.8, 4) is 6.07 Å². The Labute approximate surface area is 142 Å². The van der Waals surface area contributed by atoms with E-state index in [1.807, 2.05) is 39.8 Å². The molecule has 1 aliphatic heterocycles. The minimum Gasteiger partial charge on any atom is -0.403 e. The molecule has 5 heteroatoms. The number of fused-ring (bicyclic) bond motifs is 1. The van der Waals surface area contributed by atoms with Gasteiger partial charge < -0.3 is 9.31 Å². The lowest BCUT2D eigenvalue weighted by Gasteiger charge is -2.32. The molecule has 0 bridgehead atoms. The number of hydrogen-bond donors (Lipinski definition) is 0. The van der Waals surface area contributed by atoms with Gasteiger partial charge in [0.15, 0.2) is 0 Å². The largest absolute Gasteiger partial charge is 0.458 e. The minimum absolute atomic E-state index is 0.287. The molecule has 0 saturated carbocycles. The fourth-order valence-corrected chi connectivity index (χ4v) is 3.04. The van der Waals surface area contributed by atoms with Crippen molar-refractivity contribution in [1.82, 2.24) is 0 Å². The Morgan fingerprint density at radius 1 is 1.08 bits per heavy atom. The van der Waals surface area contributed by atoms with Crippen molar-refractivity contribution in [3.63, 3.8) is 0 Å². The van der Waals surface area contributed by atoms with Crippen molar-refractivity contribution in [1.29, 1.82) is 5.26 Å². The smallest absolute Gasteiger partial charge is 0.403 e. The number of nitriles is 1.